The summed E-state index contributed by atoms with van der Waals surface area (Å²) in [4.78, 5) is 0. The molecular weight excluding hydrogens is 198 g/mol. The van der Waals surface area contributed by atoms with E-state index < -0.39 is 0 Å². The van der Waals surface area contributed by atoms with Gasteiger partial charge in [-0.1, -0.05) is 46.0 Å². The van der Waals surface area contributed by atoms with Crippen LogP contribution in [0.2, 0.25) is 0 Å². The summed E-state index contributed by atoms with van der Waals surface area (Å²) in [6, 6.07) is 0.608. The maximum Gasteiger partial charge on any atom is 0.0838 e. The molecule has 94 valence electrons. The van der Waals surface area contributed by atoms with E-state index in [2.05, 4.69) is 19.2 Å². The lowest BCUT2D eigenvalue weighted by Crippen LogP contribution is -2.61. The second-order valence-corrected chi connectivity index (χ2v) is 5.48. The van der Waals surface area contributed by atoms with Gasteiger partial charge in [0.05, 0.1) is 12.2 Å². The summed E-state index contributed by atoms with van der Waals surface area (Å²) in [6.07, 6.45) is 9.23. The van der Waals surface area contributed by atoms with Crippen LogP contribution in [-0.2, 0) is 4.74 Å². The molecule has 1 spiro atoms. The second-order valence-electron chi connectivity index (χ2n) is 5.48. The quantitative estimate of drug-likeness (QED) is 0.797. The predicted molar refractivity (Wildman–Crippen MR) is 67.6 cm³/mol. The fourth-order valence-corrected chi connectivity index (χ4v) is 3.71. The first-order valence-corrected chi connectivity index (χ1v) is 7.19. The molecular formula is C14H27NO. The molecule has 2 heteroatoms. The molecule has 2 rings (SSSR count). The van der Waals surface area contributed by atoms with Crippen molar-refractivity contribution in [2.45, 2.75) is 70.4 Å². The number of morpholine rings is 1. The first-order chi connectivity index (χ1) is 7.82. The SMILES string of the molecule is CCC(CC)C1NCCOC12CCCCC2. The summed E-state index contributed by atoms with van der Waals surface area (Å²) >= 11 is 0. The van der Waals surface area contributed by atoms with Crippen LogP contribution in [0.5, 0.6) is 0 Å². The largest absolute Gasteiger partial charge is 0.372 e. The monoisotopic (exact) mass is 225 g/mol. The van der Waals surface area contributed by atoms with Gasteiger partial charge in [0.2, 0.25) is 0 Å². The number of nitrogens with one attached hydrogen (secondary N) is 1. The lowest BCUT2D eigenvalue weighted by molar-refractivity contribution is -0.130. The van der Waals surface area contributed by atoms with Gasteiger partial charge in [0.25, 0.3) is 0 Å². The van der Waals surface area contributed by atoms with Crippen LogP contribution >= 0.6 is 0 Å². The molecule has 0 aromatic carbocycles. The van der Waals surface area contributed by atoms with Gasteiger partial charge in [-0.3, -0.25) is 0 Å². The van der Waals surface area contributed by atoms with E-state index in [9.17, 15) is 0 Å². The molecule has 0 aromatic rings. The van der Waals surface area contributed by atoms with Gasteiger partial charge < -0.3 is 10.1 Å². The van der Waals surface area contributed by atoms with Gasteiger partial charge in [-0.15, -0.1) is 0 Å². The zero-order valence-corrected chi connectivity index (χ0v) is 10.9. The van der Waals surface area contributed by atoms with Gasteiger partial charge in [-0.05, 0) is 18.8 Å². The standard InChI is InChI=1S/C14H27NO/c1-3-12(4-2)13-14(16-11-10-15-13)8-6-5-7-9-14/h12-13,15H,3-11H2,1-2H3. The molecule has 2 nitrogen and oxygen atoms in total. The van der Waals surface area contributed by atoms with E-state index in [-0.39, 0.29) is 5.60 Å². The normalized spacial score (nSPS) is 29.8. The Morgan fingerprint density at radius 1 is 1.19 bits per heavy atom. The Balaban J connectivity index is 2.11. The summed E-state index contributed by atoms with van der Waals surface area (Å²) in [5.74, 6) is 0.790. The Morgan fingerprint density at radius 2 is 1.88 bits per heavy atom. The van der Waals surface area contributed by atoms with Gasteiger partial charge in [0.15, 0.2) is 0 Å². The zero-order valence-electron chi connectivity index (χ0n) is 10.9. The van der Waals surface area contributed by atoms with E-state index in [1.807, 2.05) is 0 Å². The lowest BCUT2D eigenvalue weighted by Gasteiger charge is -2.49. The minimum atomic E-state index is 0.188. The highest BCUT2D eigenvalue weighted by atomic mass is 16.5. The van der Waals surface area contributed by atoms with Crippen molar-refractivity contribution in [3.63, 3.8) is 0 Å². The van der Waals surface area contributed by atoms with Gasteiger partial charge in [-0.25, -0.2) is 0 Å². The van der Waals surface area contributed by atoms with Gasteiger partial charge in [-0.2, -0.15) is 0 Å². The minimum Gasteiger partial charge on any atom is -0.372 e. The van der Waals surface area contributed by atoms with E-state index in [1.54, 1.807) is 0 Å². The van der Waals surface area contributed by atoms with Crippen molar-refractivity contribution in [1.29, 1.82) is 0 Å². The summed E-state index contributed by atoms with van der Waals surface area (Å²) in [6.45, 7) is 6.60. The lowest BCUT2D eigenvalue weighted by atomic mass is 9.72. The molecule has 1 atom stereocenters. The molecule has 1 heterocycles. The molecule has 0 aromatic heterocycles. The maximum atomic E-state index is 6.24. The topological polar surface area (TPSA) is 21.3 Å². The average molecular weight is 225 g/mol. The molecule has 1 N–H and O–H groups in total. The first-order valence-electron chi connectivity index (χ1n) is 7.19. The second kappa shape index (κ2) is 5.50. The smallest absolute Gasteiger partial charge is 0.0838 e. The Bertz CT molecular complexity index is 199. The van der Waals surface area contributed by atoms with Crippen LogP contribution in [0.3, 0.4) is 0 Å². The van der Waals surface area contributed by atoms with Crippen molar-refractivity contribution in [1.82, 2.24) is 5.32 Å². The average Bonchev–Trinajstić information content (AvgIpc) is 2.34. The third-order valence-corrected chi connectivity index (χ3v) is 4.64. The summed E-state index contributed by atoms with van der Waals surface area (Å²) in [5.41, 5.74) is 0.188. The predicted octanol–water partition coefficient (Wildman–Crippen LogP) is 3.11. The zero-order chi connectivity index (χ0) is 11.4. The number of hydrogen-bond acceptors (Lipinski definition) is 2. The molecule has 2 aliphatic rings. The Hall–Kier alpha value is -0.0800. The molecule has 1 saturated carbocycles. The fourth-order valence-electron chi connectivity index (χ4n) is 3.71. The molecule has 1 aliphatic carbocycles. The highest BCUT2D eigenvalue weighted by Gasteiger charge is 2.45. The first kappa shape index (κ1) is 12.4. The van der Waals surface area contributed by atoms with Crippen LogP contribution in [-0.4, -0.2) is 24.8 Å². The van der Waals surface area contributed by atoms with E-state index in [0.717, 1.165) is 19.1 Å². The van der Waals surface area contributed by atoms with Crippen molar-refractivity contribution in [3.05, 3.63) is 0 Å². The summed E-state index contributed by atoms with van der Waals surface area (Å²) in [5, 5.41) is 3.76. The number of ether oxygens (including phenoxy) is 1. The highest BCUT2D eigenvalue weighted by molar-refractivity contribution is 5.00. The third kappa shape index (κ3) is 2.28. The molecule has 1 unspecified atom stereocenters. The van der Waals surface area contributed by atoms with Crippen molar-refractivity contribution >= 4 is 0 Å². The van der Waals surface area contributed by atoms with Crippen LogP contribution in [0.1, 0.15) is 58.8 Å². The Kier molecular flexibility index (Phi) is 4.26. The third-order valence-electron chi connectivity index (χ3n) is 4.64. The van der Waals surface area contributed by atoms with Crippen molar-refractivity contribution in [2.24, 2.45) is 5.92 Å². The van der Waals surface area contributed by atoms with Gasteiger partial charge >= 0.3 is 0 Å². The van der Waals surface area contributed by atoms with Crippen molar-refractivity contribution in [2.75, 3.05) is 13.2 Å². The van der Waals surface area contributed by atoms with Crippen LogP contribution in [0.15, 0.2) is 0 Å². The van der Waals surface area contributed by atoms with E-state index in [4.69, 9.17) is 4.74 Å². The molecule has 0 bridgehead atoms. The minimum absolute atomic E-state index is 0.188. The molecule has 2 fully saturated rings. The van der Waals surface area contributed by atoms with Crippen LogP contribution < -0.4 is 5.32 Å². The van der Waals surface area contributed by atoms with Crippen molar-refractivity contribution in [3.8, 4) is 0 Å². The fraction of sp³-hybridized carbons (Fsp3) is 1.00. The van der Waals surface area contributed by atoms with Gasteiger partial charge in [0.1, 0.15) is 0 Å². The van der Waals surface area contributed by atoms with E-state index >= 15 is 0 Å². The van der Waals surface area contributed by atoms with Crippen molar-refractivity contribution < 1.29 is 4.74 Å². The Morgan fingerprint density at radius 3 is 2.50 bits per heavy atom. The van der Waals surface area contributed by atoms with Crippen LogP contribution in [0.4, 0.5) is 0 Å². The van der Waals surface area contributed by atoms with Crippen LogP contribution in [0, 0.1) is 5.92 Å². The van der Waals surface area contributed by atoms with E-state index in [1.165, 1.54) is 44.9 Å². The van der Waals surface area contributed by atoms with Crippen LogP contribution in [0.25, 0.3) is 0 Å². The molecule has 1 saturated heterocycles. The van der Waals surface area contributed by atoms with E-state index in [0.29, 0.717) is 6.04 Å². The number of hydrogen-bond donors (Lipinski definition) is 1. The van der Waals surface area contributed by atoms with Gasteiger partial charge in [0, 0.05) is 12.6 Å². The summed E-state index contributed by atoms with van der Waals surface area (Å²) in [7, 11) is 0. The molecule has 0 amide bonds. The number of rotatable bonds is 3. The highest BCUT2D eigenvalue weighted by Crippen LogP contribution is 2.39. The molecule has 16 heavy (non-hydrogen) atoms. The molecule has 0 radical (unpaired) electrons. The maximum absolute atomic E-state index is 6.24. The molecule has 1 aliphatic heterocycles. The summed E-state index contributed by atoms with van der Waals surface area (Å²) < 4.78 is 6.24. The Labute approximate surface area is 100 Å².